The van der Waals surface area contributed by atoms with E-state index >= 15 is 0 Å². The van der Waals surface area contributed by atoms with Gasteiger partial charge >= 0.3 is 6.03 Å². The lowest BCUT2D eigenvalue weighted by Crippen LogP contribution is -2.47. The number of carbonyl (C=O) groups is 3. The molecule has 1 aromatic heterocycles. The van der Waals surface area contributed by atoms with E-state index in [1.165, 1.54) is 11.3 Å². The van der Waals surface area contributed by atoms with Crippen molar-refractivity contribution in [1.82, 2.24) is 10.2 Å². The van der Waals surface area contributed by atoms with E-state index in [9.17, 15) is 19.6 Å². The Labute approximate surface area is 174 Å². The minimum Gasteiger partial charge on any atom is -0.323 e. The van der Waals surface area contributed by atoms with Gasteiger partial charge in [0.1, 0.15) is 23.2 Å². The number of nitrogens with zero attached hydrogens (tertiary/aromatic N) is 2. The van der Waals surface area contributed by atoms with Crippen molar-refractivity contribution in [2.75, 3.05) is 11.9 Å². The molecule has 4 amide bonds. The van der Waals surface area contributed by atoms with Crippen LogP contribution < -0.4 is 10.6 Å². The van der Waals surface area contributed by atoms with Crippen LogP contribution in [0.5, 0.6) is 0 Å². The van der Waals surface area contributed by atoms with Crippen LogP contribution in [0.3, 0.4) is 0 Å². The van der Waals surface area contributed by atoms with Crippen LogP contribution in [-0.4, -0.2) is 34.8 Å². The van der Waals surface area contributed by atoms with Gasteiger partial charge in [-0.3, -0.25) is 14.5 Å². The number of hydrogen-bond acceptors (Lipinski definition) is 5. The third-order valence-electron chi connectivity index (χ3n) is 6.38. The number of nitrogens with one attached hydrogen (secondary N) is 2. The van der Waals surface area contributed by atoms with E-state index in [2.05, 4.69) is 23.6 Å². The average molecular weight is 415 g/mol. The first-order valence-electron chi connectivity index (χ1n) is 10.4. The number of thiophene rings is 1. The van der Waals surface area contributed by atoms with Crippen molar-refractivity contribution in [3.63, 3.8) is 0 Å². The molecule has 7 nitrogen and oxygen atoms in total. The summed E-state index contributed by atoms with van der Waals surface area (Å²) in [6.07, 6.45) is 7.98. The highest BCUT2D eigenvalue weighted by Crippen LogP contribution is 2.39. The zero-order valence-corrected chi connectivity index (χ0v) is 17.5. The molecule has 2 aliphatic carbocycles. The van der Waals surface area contributed by atoms with E-state index < -0.39 is 17.5 Å². The number of urea groups is 1. The molecule has 1 unspecified atom stereocenters. The maximum absolute atomic E-state index is 13.0. The molecule has 3 aliphatic rings. The van der Waals surface area contributed by atoms with E-state index in [-0.39, 0.29) is 12.5 Å². The number of rotatable bonds is 3. The quantitative estimate of drug-likeness (QED) is 0.741. The number of hydrogen-bond donors (Lipinski definition) is 2. The largest absolute Gasteiger partial charge is 0.325 e. The SMILES string of the molecule is CC1CCc2c(sc(NC(=O)CN3C(=O)NC4(CCCCCC4)C3=O)c2C#N)C1. The molecule has 2 N–H and O–H groups in total. The minimum absolute atomic E-state index is 0.292. The van der Waals surface area contributed by atoms with Gasteiger partial charge in [0.2, 0.25) is 5.91 Å². The van der Waals surface area contributed by atoms with Gasteiger partial charge in [0.15, 0.2) is 0 Å². The topological polar surface area (TPSA) is 102 Å². The summed E-state index contributed by atoms with van der Waals surface area (Å²) in [4.78, 5) is 40.2. The Morgan fingerprint density at radius 3 is 2.72 bits per heavy atom. The summed E-state index contributed by atoms with van der Waals surface area (Å²) < 4.78 is 0. The average Bonchev–Trinajstić information content (AvgIpc) is 2.99. The monoisotopic (exact) mass is 414 g/mol. The zero-order valence-electron chi connectivity index (χ0n) is 16.7. The van der Waals surface area contributed by atoms with Gasteiger partial charge in [0.25, 0.3) is 5.91 Å². The highest BCUT2D eigenvalue weighted by Gasteiger charge is 2.51. The Hall–Kier alpha value is -2.40. The third kappa shape index (κ3) is 3.64. The number of anilines is 1. The van der Waals surface area contributed by atoms with Crippen molar-refractivity contribution in [1.29, 1.82) is 5.26 Å². The first-order valence-corrected chi connectivity index (χ1v) is 11.2. The van der Waals surface area contributed by atoms with Gasteiger partial charge in [-0.05, 0) is 43.6 Å². The first-order chi connectivity index (χ1) is 13.9. The van der Waals surface area contributed by atoms with Crippen LogP contribution in [0.25, 0.3) is 0 Å². The molecule has 1 saturated carbocycles. The zero-order chi connectivity index (χ0) is 20.6. The molecule has 4 rings (SSSR count). The Bertz CT molecular complexity index is 892. The van der Waals surface area contributed by atoms with E-state index in [0.717, 1.165) is 60.3 Å². The van der Waals surface area contributed by atoms with Gasteiger partial charge in [-0.15, -0.1) is 11.3 Å². The summed E-state index contributed by atoms with van der Waals surface area (Å²) in [5.74, 6) is -0.167. The molecule has 1 aromatic rings. The van der Waals surface area contributed by atoms with Crippen LogP contribution >= 0.6 is 11.3 Å². The fourth-order valence-corrected chi connectivity index (χ4v) is 6.14. The Morgan fingerprint density at radius 2 is 2.03 bits per heavy atom. The van der Waals surface area contributed by atoms with Crippen LogP contribution in [0.1, 0.15) is 67.9 Å². The van der Waals surface area contributed by atoms with Crippen molar-refractivity contribution < 1.29 is 14.4 Å². The van der Waals surface area contributed by atoms with E-state index in [0.29, 0.717) is 29.3 Å². The van der Waals surface area contributed by atoms with Gasteiger partial charge in [0, 0.05) is 4.88 Å². The number of imide groups is 1. The number of fused-ring (bicyclic) bond motifs is 1. The first kappa shape index (κ1) is 19.9. The van der Waals surface area contributed by atoms with Crippen LogP contribution in [0.15, 0.2) is 0 Å². The second-order valence-electron chi connectivity index (χ2n) is 8.53. The summed E-state index contributed by atoms with van der Waals surface area (Å²) in [5, 5.41) is 15.8. The molecule has 0 radical (unpaired) electrons. The van der Waals surface area contributed by atoms with Crippen molar-refractivity contribution in [2.24, 2.45) is 5.92 Å². The molecule has 2 fully saturated rings. The molecule has 8 heteroatoms. The Balaban J connectivity index is 1.47. The normalized spacial score (nSPS) is 23.3. The number of nitriles is 1. The predicted octanol–water partition coefficient (Wildman–Crippen LogP) is 3.33. The summed E-state index contributed by atoms with van der Waals surface area (Å²) in [5.41, 5.74) is 0.727. The highest BCUT2D eigenvalue weighted by molar-refractivity contribution is 7.16. The molecule has 29 heavy (non-hydrogen) atoms. The van der Waals surface area contributed by atoms with Crippen LogP contribution in [0.2, 0.25) is 0 Å². The molecular weight excluding hydrogens is 388 g/mol. The maximum Gasteiger partial charge on any atom is 0.325 e. The second kappa shape index (κ2) is 7.79. The lowest BCUT2D eigenvalue weighted by Gasteiger charge is -2.24. The molecule has 154 valence electrons. The van der Waals surface area contributed by atoms with Crippen LogP contribution in [0, 0.1) is 17.2 Å². The van der Waals surface area contributed by atoms with Gasteiger partial charge < -0.3 is 10.6 Å². The van der Waals surface area contributed by atoms with E-state index in [1.54, 1.807) is 0 Å². The molecule has 1 aliphatic heterocycles. The highest BCUT2D eigenvalue weighted by atomic mass is 32.1. The lowest BCUT2D eigenvalue weighted by atomic mass is 9.89. The third-order valence-corrected chi connectivity index (χ3v) is 7.55. The van der Waals surface area contributed by atoms with Crippen molar-refractivity contribution in [3.05, 3.63) is 16.0 Å². The van der Waals surface area contributed by atoms with E-state index in [4.69, 9.17) is 0 Å². The Morgan fingerprint density at radius 1 is 1.31 bits per heavy atom. The minimum atomic E-state index is -0.843. The number of carbonyl (C=O) groups excluding carboxylic acids is 3. The molecule has 1 saturated heterocycles. The molecule has 0 aromatic carbocycles. The summed E-state index contributed by atoms with van der Waals surface area (Å²) in [6, 6.07) is 1.73. The second-order valence-corrected chi connectivity index (χ2v) is 9.64. The lowest BCUT2D eigenvalue weighted by molar-refractivity contribution is -0.134. The molecule has 1 atom stereocenters. The van der Waals surface area contributed by atoms with Crippen molar-refractivity contribution in [3.8, 4) is 6.07 Å². The van der Waals surface area contributed by atoms with Gasteiger partial charge in [-0.1, -0.05) is 32.6 Å². The van der Waals surface area contributed by atoms with Crippen LogP contribution in [-0.2, 0) is 22.4 Å². The van der Waals surface area contributed by atoms with Gasteiger partial charge in [-0.2, -0.15) is 5.26 Å². The van der Waals surface area contributed by atoms with Gasteiger partial charge in [-0.25, -0.2) is 4.79 Å². The number of amides is 4. The molecule has 0 bridgehead atoms. The summed E-state index contributed by atoms with van der Waals surface area (Å²) >= 11 is 1.44. The standard InChI is InChI=1S/C21H26N4O3S/c1-13-6-7-14-15(11-22)18(29-16(14)10-13)23-17(26)12-25-19(27)21(24-20(25)28)8-4-2-3-5-9-21/h13H,2-10,12H2,1H3,(H,23,26)(H,24,28). The van der Waals surface area contributed by atoms with Crippen molar-refractivity contribution in [2.45, 2.75) is 70.3 Å². The molecular formula is C21H26N4O3S. The predicted molar refractivity (Wildman–Crippen MR) is 110 cm³/mol. The summed E-state index contributed by atoms with van der Waals surface area (Å²) in [6.45, 7) is 1.87. The smallest absolute Gasteiger partial charge is 0.323 e. The summed E-state index contributed by atoms with van der Waals surface area (Å²) in [7, 11) is 0. The van der Waals surface area contributed by atoms with E-state index in [1.807, 2.05) is 0 Å². The maximum atomic E-state index is 13.0. The Kier molecular flexibility index (Phi) is 5.34. The molecule has 1 spiro atoms. The fourth-order valence-electron chi connectivity index (χ4n) is 4.76. The fraction of sp³-hybridized carbons (Fsp3) is 0.619. The van der Waals surface area contributed by atoms with Gasteiger partial charge in [0.05, 0.1) is 5.56 Å². The van der Waals surface area contributed by atoms with Crippen molar-refractivity contribution >= 4 is 34.2 Å². The van der Waals surface area contributed by atoms with Crippen LogP contribution in [0.4, 0.5) is 9.80 Å². The molecule has 2 heterocycles.